The van der Waals surface area contributed by atoms with Crippen molar-refractivity contribution >= 4 is 39.3 Å². The van der Waals surface area contributed by atoms with Gasteiger partial charge in [0.2, 0.25) is 17.7 Å². The molecule has 0 saturated heterocycles. The Balaban J connectivity index is 2.45. The Morgan fingerprint density at radius 3 is 2.46 bits per heavy atom. The first-order valence-corrected chi connectivity index (χ1v) is 8.33. The molecule has 1 aromatic rings. The van der Waals surface area contributed by atoms with E-state index in [1.54, 1.807) is 18.2 Å². The van der Waals surface area contributed by atoms with Crippen LogP contribution in [0.1, 0.15) is 13.8 Å². The highest BCUT2D eigenvalue weighted by Crippen LogP contribution is 2.20. The highest BCUT2D eigenvalue weighted by molar-refractivity contribution is 9.10. The molecule has 132 valence electrons. The summed E-state index contributed by atoms with van der Waals surface area (Å²) >= 11 is 3.33. The lowest BCUT2D eigenvalue weighted by atomic mass is 10.1. The number of carbonyl (C=O) groups is 3. The molecule has 0 saturated carbocycles. The summed E-state index contributed by atoms with van der Waals surface area (Å²) in [4.78, 5) is 36.9. The van der Waals surface area contributed by atoms with Gasteiger partial charge in [-0.1, -0.05) is 26.0 Å². The Morgan fingerprint density at radius 2 is 1.88 bits per heavy atom. The Bertz CT molecular complexity index is 607. The summed E-state index contributed by atoms with van der Waals surface area (Å²) in [5, 5.41) is 5.19. The van der Waals surface area contributed by atoms with E-state index >= 15 is 0 Å². The number of nitrogens with two attached hydrogens (primary N) is 1. The lowest BCUT2D eigenvalue weighted by Gasteiger charge is -2.19. The number of hydrogen-bond acceptors (Lipinski definition) is 4. The van der Waals surface area contributed by atoms with E-state index in [9.17, 15) is 14.4 Å². The minimum absolute atomic E-state index is 0.0204. The van der Waals surface area contributed by atoms with E-state index in [0.29, 0.717) is 5.69 Å². The molecule has 0 aliphatic rings. The predicted molar refractivity (Wildman–Crippen MR) is 96.2 cm³/mol. The molecule has 8 heteroatoms. The second-order valence-electron chi connectivity index (χ2n) is 5.77. The minimum Gasteiger partial charge on any atom is -0.346 e. The van der Waals surface area contributed by atoms with E-state index in [1.165, 1.54) is 11.9 Å². The van der Waals surface area contributed by atoms with Crippen LogP contribution in [0.2, 0.25) is 0 Å². The normalized spacial score (nSPS) is 11.8. The van der Waals surface area contributed by atoms with Crippen LogP contribution in [0.3, 0.4) is 0 Å². The fourth-order valence-corrected chi connectivity index (χ4v) is 2.16. The summed E-state index contributed by atoms with van der Waals surface area (Å²) in [5.41, 5.74) is 6.32. The molecule has 1 atom stereocenters. The van der Waals surface area contributed by atoms with Gasteiger partial charge in [-0.25, -0.2) is 0 Å². The molecular weight excluding hydrogens is 376 g/mol. The van der Waals surface area contributed by atoms with Crippen LogP contribution in [0, 0.1) is 5.92 Å². The number of rotatable bonds is 7. The number of nitrogens with one attached hydrogen (secondary N) is 2. The maximum Gasteiger partial charge on any atom is 0.244 e. The Kier molecular flexibility index (Phi) is 7.87. The van der Waals surface area contributed by atoms with Crippen molar-refractivity contribution in [3.63, 3.8) is 0 Å². The molecule has 0 aliphatic heterocycles. The fraction of sp³-hybridized carbons (Fsp3) is 0.438. The average molecular weight is 399 g/mol. The zero-order chi connectivity index (χ0) is 18.3. The highest BCUT2D eigenvalue weighted by Gasteiger charge is 2.19. The standard InChI is InChI=1S/C16H23BrN4O3/c1-10(2)15(18)16(24)19-8-14(23)21(3)9-13(22)20-12-7-5-4-6-11(12)17/h4-7,10,15H,8-9,18H2,1-3H3,(H,19,24)(H,20,22)/t15-/m0/s1. The summed E-state index contributed by atoms with van der Waals surface area (Å²) in [6.45, 7) is 3.33. The van der Waals surface area contributed by atoms with E-state index in [-0.39, 0.29) is 36.7 Å². The third kappa shape index (κ3) is 6.29. The second-order valence-corrected chi connectivity index (χ2v) is 6.62. The van der Waals surface area contributed by atoms with Crippen LogP contribution in [0.4, 0.5) is 5.69 Å². The highest BCUT2D eigenvalue weighted by atomic mass is 79.9. The van der Waals surface area contributed by atoms with Gasteiger partial charge in [-0.3, -0.25) is 14.4 Å². The van der Waals surface area contributed by atoms with Crippen LogP contribution >= 0.6 is 15.9 Å². The largest absolute Gasteiger partial charge is 0.346 e. The molecule has 1 rings (SSSR count). The molecule has 0 radical (unpaired) electrons. The summed E-state index contributed by atoms with van der Waals surface area (Å²) in [6.07, 6.45) is 0. The van der Waals surface area contributed by atoms with Crippen molar-refractivity contribution in [1.29, 1.82) is 0 Å². The van der Waals surface area contributed by atoms with Crippen molar-refractivity contribution in [3.05, 3.63) is 28.7 Å². The lowest BCUT2D eigenvalue weighted by molar-refractivity contribution is -0.134. The molecule has 0 spiro atoms. The fourth-order valence-electron chi connectivity index (χ4n) is 1.77. The third-order valence-corrected chi connectivity index (χ3v) is 4.08. The van der Waals surface area contributed by atoms with Gasteiger partial charge >= 0.3 is 0 Å². The quantitative estimate of drug-likeness (QED) is 0.635. The van der Waals surface area contributed by atoms with E-state index < -0.39 is 6.04 Å². The van der Waals surface area contributed by atoms with Gasteiger partial charge in [-0.15, -0.1) is 0 Å². The molecule has 0 aliphatic carbocycles. The number of amides is 3. The zero-order valence-electron chi connectivity index (χ0n) is 14.0. The van der Waals surface area contributed by atoms with Gasteiger partial charge in [-0.05, 0) is 34.0 Å². The Labute approximate surface area is 150 Å². The monoisotopic (exact) mass is 398 g/mol. The van der Waals surface area contributed by atoms with Crippen molar-refractivity contribution in [2.24, 2.45) is 11.7 Å². The summed E-state index contributed by atoms with van der Waals surface area (Å²) in [5.74, 6) is -1.11. The van der Waals surface area contributed by atoms with Crippen molar-refractivity contribution in [1.82, 2.24) is 10.2 Å². The van der Waals surface area contributed by atoms with Crippen LogP contribution < -0.4 is 16.4 Å². The van der Waals surface area contributed by atoms with Gasteiger partial charge in [0.1, 0.15) is 0 Å². The molecule has 0 bridgehead atoms. The van der Waals surface area contributed by atoms with E-state index in [2.05, 4.69) is 26.6 Å². The van der Waals surface area contributed by atoms with Gasteiger partial charge in [0.25, 0.3) is 0 Å². The van der Waals surface area contributed by atoms with Gasteiger partial charge < -0.3 is 21.3 Å². The van der Waals surface area contributed by atoms with E-state index in [4.69, 9.17) is 5.73 Å². The molecular formula is C16H23BrN4O3. The van der Waals surface area contributed by atoms with Gasteiger partial charge in [-0.2, -0.15) is 0 Å². The number of anilines is 1. The number of halogens is 1. The molecule has 0 unspecified atom stereocenters. The number of para-hydroxylation sites is 1. The van der Waals surface area contributed by atoms with Crippen molar-refractivity contribution in [2.75, 3.05) is 25.5 Å². The first kappa shape index (κ1) is 20.1. The van der Waals surface area contributed by atoms with E-state index in [0.717, 1.165) is 4.47 Å². The summed E-state index contributed by atoms with van der Waals surface area (Å²) in [7, 11) is 1.50. The Hall–Kier alpha value is -1.93. The summed E-state index contributed by atoms with van der Waals surface area (Å²) < 4.78 is 0.752. The van der Waals surface area contributed by atoms with Gasteiger partial charge in [0.15, 0.2) is 0 Å². The Morgan fingerprint density at radius 1 is 1.25 bits per heavy atom. The zero-order valence-corrected chi connectivity index (χ0v) is 15.6. The van der Waals surface area contributed by atoms with Crippen LogP contribution in [0.25, 0.3) is 0 Å². The van der Waals surface area contributed by atoms with Gasteiger partial charge in [0, 0.05) is 11.5 Å². The molecule has 0 aromatic heterocycles. The van der Waals surface area contributed by atoms with E-state index in [1.807, 2.05) is 19.9 Å². The first-order valence-electron chi connectivity index (χ1n) is 7.54. The SMILES string of the molecule is CC(C)[C@H](N)C(=O)NCC(=O)N(C)CC(=O)Nc1ccccc1Br. The van der Waals surface area contributed by atoms with Crippen LogP contribution in [0.5, 0.6) is 0 Å². The number of carbonyl (C=O) groups excluding carboxylic acids is 3. The van der Waals surface area contributed by atoms with Crippen LogP contribution in [-0.2, 0) is 14.4 Å². The molecule has 0 fully saturated rings. The van der Waals surface area contributed by atoms with Crippen molar-refractivity contribution in [2.45, 2.75) is 19.9 Å². The lowest BCUT2D eigenvalue weighted by Crippen LogP contribution is -2.48. The molecule has 3 amide bonds. The number of nitrogens with zero attached hydrogens (tertiary/aromatic N) is 1. The molecule has 1 aromatic carbocycles. The number of likely N-dealkylation sites (N-methyl/N-ethyl adjacent to an activating group) is 1. The topological polar surface area (TPSA) is 105 Å². The number of hydrogen-bond donors (Lipinski definition) is 3. The molecule has 4 N–H and O–H groups in total. The number of benzene rings is 1. The minimum atomic E-state index is -0.665. The molecule has 7 nitrogen and oxygen atoms in total. The van der Waals surface area contributed by atoms with Gasteiger partial charge in [0.05, 0.1) is 24.8 Å². The molecule has 0 heterocycles. The van der Waals surface area contributed by atoms with Crippen LogP contribution in [-0.4, -0.2) is 48.8 Å². The average Bonchev–Trinajstić information content (AvgIpc) is 2.53. The third-order valence-electron chi connectivity index (χ3n) is 3.39. The van der Waals surface area contributed by atoms with Crippen LogP contribution in [0.15, 0.2) is 28.7 Å². The first-order chi connectivity index (χ1) is 11.2. The maximum atomic E-state index is 12.0. The van der Waals surface area contributed by atoms with Crippen molar-refractivity contribution < 1.29 is 14.4 Å². The second kappa shape index (κ2) is 9.39. The van der Waals surface area contributed by atoms with Crippen molar-refractivity contribution in [3.8, 4) is 0 Å². The summed E-state index contributed by atoms with van der Waals surface area (Å²) in [6, 6.07) is 6.51. The smallest absolute Gasteiger partial charge is 0.244 e. The predicted octanol–water partition coefficient (Wildman–Crippen LogP) is 0.945. The maximum absolute atomic E-state index is 12.0. The molecule has 24 heavy (non-hydrogen) atoms.